The quantitative estimate of drug-likeness (QED) is 0.225. The van der Waals surface area contributed by atoms with Gasteiger partial charge in [-0.2, -0.15) is 0 Å². The number of fused-ring (bicyclic) bond motifs is 2. The highest BCUT2D eigenvalue weighted by Gasteiger charge is 2.21. The van der Waals surface area contributed by atoms with E-state index in [9.17, 15) is 19.2 Å². The van der Waals surface area contributed by atoms with Gasteiger partial charge in [-0.05, 0) is 77.9 Å². The molecule has 0 aliphatic carbocycles. The summed E-state index contributed by atoms with van der Waals surface area (Å²) in [4.78, 5) is 52.3. The van der Waals surface area contributed by atoms with Gasteiger partial charge >= 0.3 is 11.3 Å². The Labute approximate surface area is 221 Å². The molecule has 4 aromatic rings. The van der Waals surface area contributed by atoms with Crippen LogP contribution >= 0.6 is 0 Å². The van der Waals surface area contributed by atoms with Gasteiger partial charge in [0.05, 0.1) is 0 Å². The summed E-state index contributed by atoms with van der Waals surface area (Å²) in [6.45, 7) is 14.5. The fraction of sp³-hybridized carbons (Fsp3) is 0.333. The molecular weight excluding hydrogens is 484 g/mol. The molecule has 2 aromatic heterocycles. The van der Waals surface area contributed by atoms with E-state index in [0.717, 1.165) is 37.6 Å². The van der Waals surface area contributed by atoms with Crippen molar-refractivity contribution < 1.29 is 18.4 Å². The van der Waals surface area contributed by atoms with Crippen LogP contribution in [0.3, 0.4) is 0 Å². The van der Waals surface area contributed by atoms with Crippen LogP contribution in [0.15, 0.2) is 67.0 Å². The minimum atomic E-state index is -0.787. The lowest BCUT2D eigenvalue weighted by Gasteiger charge is -2.21. The number of Topliss-reactive ketones (excluding diaryl/α,β-unsaturated/α-hetero) is 1. The summed E-state index contributed by atoms with van der Waals surface area (Å²) in [5.41, 5.74) is 0.666. The van der Waals surface area contributed by atoms with Crippen LogP contribution in [-0.2, 0) is 4.79 Å². The summed E-state index contributed by atoms with van der Waals surface area (Å²) in [5, 5.41) is 1.21. The van der Waals surface area contributed by atoms with Gasteiger partial charge in [0.15, 0.2) is 0 Å². The maximum absolute atomic E-state index is 13.2. The molecule has 2 heterocycles. The van der Waals surface area contributed by atoms with Crippen LogP contribution in [0.1, 0.15) is 57.5 Å². The van der Waals surface area contributed by atoms with Gasteiger partial charge in [-0.1, -0.05) is 0 Å². The molecule has 200 valence electrons. The lowest BCUT2D eigenvalue weighted by atomic mass is 10.0. The van der Waals surface area contributed by atoms with Crippen molar-refractivity contribution in [1.29, 1.82) is 0 Å². The topological polar surface area (TPSA) is 101 Å². The zero-order valence-electron chi connectivity index (χ0n) is 22.8. The fourth-order valence-electron chi connectivity index (χ4n) is 4.23. The monoisotopic (exact) mass is 518 g/mol. The molecule has 0 aliphatic heterocycles. The van der Waals surface area contributed by atoms with E-state index in [1.165, 1.54) is 26.0 Å². The molecule has 0 unspecified atom stereocenters. The maximum atomic E-state index is 13.2. The first kappa shape index (κ1) is 28.4. The van der Waals surface area contributed by atoms with Gasteiger partial charge in [0, 0.05) is 60.5 Å². The Kier molecular flexibility index (Phi) is 9.23. The Morgan fingerprint density at radius 3 is 1.29 bits per heavy atom. The lowest BCUT2D eigenvalue weighted by molar-refractivity contribution is -0.115. The van der Waals surface area contributed by atoms with Crippen LogP contribution < -0.4 is 21.1 Å². The highest BCUT2D eigenvalue weighted by Crippen LogP contribution is 2.24. The summed E-state index contributed by atoms with van der Waals surface area (Å²) >= 11 is 0. The van der Waals surface area contributed by atoms with Gasteiger partial charge in [-0.3, -0.25) is 4.79 Å². The molecule has 8 heteroatoms. The van der Waals surface area contributed by atoms with E-state index < -0.39 is 17.0 Å². The van der Waals surface area contributed by atoms with Crippen molar-refractivity contribution in [3.05, 3.63) is 80.5 Å². The van der Waals surface area contributed by atoms with Gasteiger partial charge in [0.25, 0.3) is 0 Å². The molecule has 38 heavy (non-hydrogen) atoms. The summed E-state index contributed by atoms with van der Waals surface area (Å²) in [6, 6.07) is 14.0. The van der Waals surface area contributed by atoms with Gasteiger partial charge < -0.3 is 23.4 Å². The normalized spacial score (nSPS) is 10.7. The van der Waals surface area contributed by atoms with Crippen molar-refractivity contribution in [3.63, 3.8) is 0 Å². The third-order valence-electron chi connectivity index (χ3n) is 6.19. The second-order valence-electron chi connectivity index (χ2n) is 8.92. The molecule has 0 fully saturated rings. The van der Waals surface area contributed by atoms with E-state index in [0.29, 0.717) is 21.9 Å². The number of hydrogen-bond acceptors (Lipinski definition) is 8. The van der Waals surface area contributed by atoms with Gasteiger partial charge in [-0.25, -0.2) is 9.59 Å². The van der Waals surface area contributed by atoms with Crippen LogP contribution in [-0.4, -0.2) is 37.7 Å². The SMILES string of the molecule is CC(C)=O.CCN(CC)c1ccc2cc(C(=O)c3cc4ccc(N(CC)CC)cc4oc3=O)c(=O)oc2c1. The Hall–Kier alpha value is -4.20. The smallest absolute Gasteiger partial charge is 0.347 e. The van der Waals surface area contributed by atoms with Crippen LogP contribution in [0.25, 0.3) is 21.9 Å². The molecule has 0 saturated heterocycles. The Morgan fingerprint density at radius 2 is 0.974 bits per heavy atom. The van der Waals surface area contributed by atoms with E-state index in [1.54, 1.807) is 24.3 Å². The molecule has 0 spiro atoms. The highest BCUT2D eigenvalue weighted by atomic mass is 16.4. The molecule has 0 saturated carbocycles. The first-order chi connectivity index (χ1) is 18.1. The first-order valence-electron chi connectivity index (χ1n) is 12.8. The molecule has 8 nitrogen and oxygen atoms in total. The van der Waals surface area contributed by atoms with Crippen molar-refractivity contribution in [2.45, 2.75) is 41.5 Å². The number of rotatable bonds is 8. The van der Waals surface area contributed by atoms with Crippen molar-refractivity contribution in [3.8, 4) is 0 Å². The Morgan fingerprint density at radius 1 is 0.632 bits per heavy atom. The van der Waals surface area contributed by atoms with E-state index in [4.69, 9.17) is 8.83 Å². The summed E-state index contributed by atoms with van der Waals surface area (Å²) < 4.78 is 10.9. The van der Waals surface area contributed by atoms with E-state index in [-0.39, 0.29) is 16.9 Å². The Bertz CT molecular complexity index is 1460. The molecular formula is C30H34N2O6. The van der Waals surface area contributed by atoms with Gasteiger partial charge in [0.1, 0.15) is 28.1 Å². The summed E-state index contributed by atoms with van der Waals surface area (Å²) in [5.74, 6) is -0.549. The maximum Gasteiger partial charge on any atom is 0.347 e. The molecule has 2 aromatic carbocycles. The Balaban J connectivity index is 0.000000934. The summed E-state index contributed by atoms with van der Waals surface area (Å²) in [7, 11) is 0. The minimum Gasteiger partial charge on any atom is -0.422 e. The van der Waals surface area contributed by atoms with E-state index >= 15 is 0 Å². The fourth-order valence-corrected chi connectivity index (χ4v) is 4.23. The molecule has 0 atom stereocenters. The van der Waals surface area contributed by atoms with Crippen molar-refractivity contribution in [2.24, 2.45) is 0 Å². The van der Waals surface area contributed by atoms with Gasteiger partial charge in [-0.15, -0.1) is 0 Å². The van der Waals surface area contributed by atoms with Crippen LogP contribution in [0.5, 0.6) is 0 Å². The highest BCUT2D eigenvalue weighted by molar-refractivity contribution is 6.10. The third-order valence-corrected chi connectivity index (χ3v) is 6.19. The zero-order valence-corrected chi connectivity index (χ0v) is 22.8. The zero-order chi connectivity index (χ0) is 28.0. The predicted molar refractivity (Wildman–Crippen MR) is 152 cm³/mol. The number of benzene rings is 2. The molecule has 0 amide bonds. The average Bonchev–Trinajstić information content (AvgIpc) is 2.88. The van der Waals surface area contributed by atoms with Crippen LogP contribution in [0, 0.1) is 0 Å². The van der Waals surface area contributed by atoms with Crippen molar-refractivity contribution in [1.82, 2.24) is 0 Å². The second kappa shape index (κ2) is 12.4. The largest absolute Gasteiger partial charge is 0.422 e. The molecule has 4 rings (SSSR count). The number of anilines is 2. The predicted octanol–water partition coefficient (Wildman–Crippen LogP) is 5.42. The van der Waals surface area contributed by atoms with Crippen LogP contribution in [0.4, 0.5) is 11.4 Å². The third kappa shape index (κ3) is 6.19. The average molecular weight is 519 g/mol. The first-order valence-corrected chi connectivity index (χ1v) is 12.8. The van der Waals surface area contributed by atoms with Crippen LogP contribution in [0.2, 0.25) is 0 Å². The van der Waals surface area contributed by atoms with E-state index in [2.05, 4.69) is 9.80 Å². The summed E-state index contributed by atoms with van der Waals surface area (Å²) in [6.07, 6.45) is 0. The van der Waals surface area contributed by atoms with Crippen molar-refractivity contribution >= 4 is 44.9 Å². The van der Waals surface area contributed by atoms with Crippen molar-refractivity contribution in [2.75, 3.05) is 36.0 Å². The standard InChI is InChI=1S/C27H28N2O5.C3H6O/c1-5-28(6-2)19-11-9-17-13-21(26(31)33-23(17)15-19)25(30)22-14-18-10-12-20(29(7-3)8-4)16-24(18)34-27(22)32;1-3(2)4/h9-16H,5-8H2,1-4H3;1-2H3. The molecule has 0 N–H and O–H groups in total. The molecule has 0 bridgehead atoms. The minimum absolute atomic E-state index is 0.167. The van der Waals surface area contributed by atoms with E-state index in [1.807, 2.05) is 39.8 Å². The number of carbonyl (C=O) groups is 2. The molecule has 0 aliphatic rings. The van der Waals surface area contributed by atoms with Gasteiger partial charge in [0.2, 0.25) is 5.78 Å². The number of hydrogen-bond donors (Lipinski definition) is 0. The second-order valence-corrected chi connectivity index (χ2v) is 8.92. The number of ketones is 2. The lowest BCUT2D eigenvalue weighted by Crippen LogP contribution is -2.22. The number of nitrogens with zero attached hydrogens (tertiary/aromatic N) is 2. The number of carbonyl (C=O) groups excluding carboxylic acids is 2. The molecule has 0 radical (unpaired) electrons.